The number of primary amides is 1. The van der Waals surface area contributed by atoms with Gasteiger partial charge >= 0.3 is 5.97 Å². The van der Waals surface area contributed by atoms with Gasteiger partial charge in [-0.05, 0) is 48.8 Å². The van der Waals surface area contributed by atoms with Crippen LogP contribution in [0.15, 0.2) is 24.3 Å². The van der Waals surface area contributed by atoms with Crippen molar-refractivity contribution in [3.8, 4) is 0 Å². The van der Waals surface area contributed by atoms with Crippen molar-refractivity contribution in [3.05, 3.63) is 51.4 Å². The number of benzene rings is 1. The maximum Gasteiger partial charge on any atom is 0.310 e. The minimum Gasteiger partial charge on any atom is -0.481 e. The van der Waals surface area contributed by atoms with Crippen molar-refractivity contribution in [1.82, 2.24) is 0 Å². The first-order valence-electron chi connectivity index (χ1n) is 8.94. The van der Waals surface area contributed by atoms with E-state index in [2.05, 4.69) is 5.32 Å². The first-order chi connectivity index (χ1) is 12.9. The van der Waals surface area contributed by atoms with Crippen molar-refractivity contribution in [3.63, 3.8) is 0 Å². The van der Waals surface area contributed by atoms with Gasteiger partial charge in [0.05, 0.1) is 11.0 Å². The summed E-state index contributed by atoms with van der Waals surface area (Å²) in [4.78, 5) is 37.7. The molecule has 0 aliphatic heterocycles. The number of thiophene rings is 1. The molecule has 4 N–H and O–H groups in total. The fourth-order valence-corrected chi connectivity index (χ4v) is 5.59. The van der Waals surface area contributed by atoms with Gasteiger partial charge < -0.3 is 16.2 Å². The molecule has 2 aliphatic carbocycles. The molecule has 1 aromatic heterocycles. The van der Waals surface area contributed by atoms with E-state index in [0.29, 0.717) is 23.4 Å². The predicted octanol–water partition coefficient (Wildman–Crippen LogP) is 2.53. The second kappa shape index (κ2) is 6.49. The number of hydrogen-bond acceptors (Lipinski definition) is 4. The average Bonchev–Trinajstić information content (AvgIpc) is 3.26. The standard InChI is InChI=1S/C20H20N2O4S/c21-17(24)16-13-6-3-7-14(13)27-18(16)22-15(23)10-20(19(25)26)8-11-4-1-2-5-12(11)9-20/h1-2,4-5H,3,6-10H2,(H2,21,24)(H,22,23)(H,25,26). The van der Waals surface area contributed by atoms with Crippen LogP contribution >= 0.6 is 11.3 Å². The monoisotopic (exact) mass is 384 g/mol. The molecule has 0 atom stereocenters. The Bertz CT molecular complexity index is 938. The lowest BCUT2D eigenvalue weighted by Gasteiger charge is -2.23. The number of nitrogens with two attached hydrogens (primary N) is 1. The maximum absolute atomic E-state index is 12.7. The number of nitrogens with one attached hydrogen (secondary N) is 1. The van der Waals surface area contributed by atoms with Gasteiger partial charge in [0.2, 0.25) is 5.91 Å². The van der Waals surface area contributed by atoms with E-state index in [-0.39, 0.29) is 6.42 Å². The molecule has 0 unspecified atom stereocenters. The van der Waals surface area contributed by atoms with E-state index in [1.807, 2.05) is 24.3 Å². The normalized spacial score (nSPS) is 16.6. The van der Waals surface area contributed by atoms with Crippen LogP contribution in [0.4, 0.5) is 5.00 Å². The van der Waals surface area contributed by atoms with E-state index in [4.69, 9.17) is 5.73 Å². The summed E-state index contributed by atoms with van der Waals surface area (Å²) in [6.07, 6.45) is 3.16. The number of carbonyl (C=O) groups excluding carboxylic acids is 2. The van der Waals surface area contributed by atoms with Crippen molar-refractivity contribution < 1.29 is 19.5 Å². The third-order valence-electron chi connectivity index (χ3n) is 5.55. The zero-order chi connectivity index (χ0) is 19.2. The lowest BCUT2D eigenvalue weighted by Crippen LogP contribution is -2.36. The van der Waals surface area contributed by atoms with E-state index in [9.17, 15) is 19.5 Å². The van der Waals surface area contributed by atoms with Gasteiger partial charge in [-0.25, -0.2) is 0 Å². The lowest BCUT2D eigenvalue weighted by atomic mass is 9.81. The quantitative estimate of drug-likeness (QED) is 0.736. The molecular weight excluding hydrogens is 364 g/mol. The first-order valence-corrected chi connectivity index (χ1v) is 9.76. The summed E-state index contributed by atoms with van der Waals surface area (Å²) in [6, 6.07) is 7.58. The Hall–Kier alpha value is -2.67. The fourth-order valence-electron chi connectivity index (χ4n) is 4.28. The van der Waals surface area contributed by atoms with Crippen molar-refractivity contribution in [1.29, 1.82) is 0 Å². The van der Waals surface area contributed by atoms with E-state index < -0.39 is 23.2 Å². The molecule has 7 heteroatoms. The molecule has 4 rings (SSSR count). The minimum absolute atomic E-state index is 0.141. The minimum atomic E-state index is -1.15. The van der Waals surface area contributed by atoms with Crippen LogP contribution in [0.3, 0.4) is 0 Å². The van der Waals surface area contributed by atoms with Crippen LogP contribution in [0, 0.1) is 5.41 Å². The molecule has 27 heavy (non-hydrogen) atoms. The zero-order valence-electron chi connectivity index (χ0n) is 14.7. The number of carbonyl (C=O) groups is 3. The fraction of sp³-hybridized carbons (Fsp3) is 0.350. The van der Waals surface area contributed by atoms with Gasteiger partial charge in [0.1, 0.15) is 5.00 Å². The van der Waals surface area contributed by atoms with Crippen LogP contribution in [0.2, 0.25) is 0 Å². The van der Waals surface area contributed by atoms with E-state index >= 15 is 0 Å². The Morgan fingerprint density at radius 1 is 1.15 bits per heavy atom. The van der Waals surface area contributed by atoms with Crippen LogP contribution in [0.25, 0.3) is 0 Å². The molecule has 0 fully saturated rings. The van der Waals surface area contributed by atoms with Crippen molar-refractivity contribution >= 4 is 34.1 Å². The number of amides is 2. The highest BCUT2D eigenvalue weighted by Gasteiger charge is 2.45. The van der Waals surface area contributed by atoms with Gasteiger partial charge in [-0.15, -0.1) is 11.3 Å². The molecule has 6 nitrogen and oxygen atoms in total. The smallest absolute Gasteiger partial charge is 0.310 e. The van der Waals surface area contributed by atoms with Crippen LogP contribution in [-0.2, 0) is 35.3 Å². The molecule has 0 spiro atoms. The largest absolute Gasteiger partial charge is 0.481 e. The van der Waals surface area contributed by atoms with Crippen LogP contribution in [0.5, 0.6) is 0 Å². The van der Waals surface area contributed by atoms with Crippen LogP contribution in [0.1, 0.15) is 44.8 Å². The molecule has 2 amide bonds. The molecule has 1 aromatic carbocycles. The lowest BCUT2D eigenvalue weighted by molar-refractivity contribution is -0.150. The van der Waals surface area contributed by atoms with E-state index in [0.717, 1.165) is 40.8 Å². The van der Waals surface area contributed by atoms with Crippen LogP contribution < -0.4 is 11.1 Å². The summed E-state index contributed by atoms with van der Waals surface area (Å²) in [5.41, 5.74) is 7.64. The van der Waals surface area contributed by atoms with Gasteiger partial charge in [-0.2, -0.15) is 0 Å². The number of anilines is 1. The number of carboxylic acid groups (broad SMARTS) is 1. The van der Waals surface area contributed by atoms with Crippen molar-refractivity contribution in [2.75, 3.05) is 5.32 Å². The highest BCUT2D eigenvalue weighted by atomic mass is 32.1. The predicted molar refractivity (Wildman–Crippen MR) is 102 cm³/mol. The molecule has 0 bridgehead atoms. The summed E-state index contributed by atoms with van der Waals surface area (Å²) in [6.45, 7) is 0. The Morgan fingerprint density at radius 2 is 1.81 bits per heavy atom. The number of rotatable bonds is 5. The van der Waals surface area contributed by atoms with Gasteiger partial charge in [-0.3, -0.25) is 14.4 Å². The Kier molecular flexibility index (Phi) is 4.26. The Morgan fingerprint density at radius 3 is 2.41 bits per heavy atom. The zero-order valence-corrected chi connectivity index (χ0v) is 15.5. The van der Waals surface area contributed by atoms with Crippen molar-refractivity contribution in [2.45, 2.75) is 38.5 Å². The third kappa shape index (κ3) is 3.02. The summed E-state index contributed by atoms with van der Waals surface area (Å²) in [7, 11) is 0. The highest BCUT2D eigenvalue weighted by molar-refractivity contribution is 7.17. The second-order valence-corrected chi connectivity index (χ2v) is 8.46. The number of aliphatic carboxylic acids is 1. The summed E-state index contributed by atoms with van der Waals surface area (Å²) in [5.74, 6) is -1.92. The topological polar surface area (TPSA) is 109 Å². The van der Waals surface area contributed by atoms with E-state index in [1.54, 1.807) is 0 Å². The van der Waals surface area contributed by atoms with Gasteiger partial charge in [0, 0.05) is 11.3 Å². The SMILES string of the molecule is NC(=O)c1c(NC(=O)CC2(C(=O)O)Cc3ccccc3C2)sc2c1CCC2. The first kappa shape index (κ1) is 17.7. The third-order valence-corrected chi connectivity index (χ3v) is 6.76. The van der Waals surface area contributed by atoms with Gasteiger partial charge in [0.25, 0.3) is 5.91 Å². The maximum atomic E-state index is 12.7. The van der Waals surface area contributed by atoms with Crippen molar-refractivity contribution in [2.24, 2.45) is 11.1 Å². The molecule has 2 aliphatic rings. The van der Waals surface area contributed by atoms with Gasteiger partial charge in [0.15, 0.2) is 0 Å². The summed E-state index contributed by atoms with van der Waals surface area (Å²) >= 11 is 1.38. The number of carboxylic acids is 1. The summed E-state index contributed by atoms with van der Waals surface area (Å²) < 4.78 is 0. The van der Waals surface area contributed by atoms with Crippen LogP contribution in [-0.4, -0.2) is 22.9 Å². The Balaban J connectivity index is 1.56. The molecule has 140 valence electrons. The average molecular weight is 384 g/mol. The summed E-state index contributed by atoms with van der Waals surface area (Å²) in [5, 5.41) is 13.1. The highest BCUT2D eigenvalue weighted by Crippen LogP contribution is 2.42. The van der Waals surface area contributed by atoms with Gasteiger partial charge in [-0.1, -0.05) is 24.3 Å². The molecule has 0 saturated carbocycles. The molecular formula is C20H20N2O4S. The molecule has 0 saturated heterocycles. The Labute approximate surface area is 160 Å². The number of aryl methyl sites for hydroxylation is 1. The number of hydrogen-bond donors (Lipinski definition) is 3. The molecule has 1 heterocycles. The number of fused-ring (bicyclic) bond motifs is 2. The van der Waals surface area contributed by atoms with E-state index in [1.165, 1.54) is 11.3 Å². The molecule has 2 aromatic rings. The second-order valence-electron chi connectivity index (χ2n) is 7.36. The molecule has 0 radical (unpaired) electrons.